The molecule has 1 amide bonds. The minimum absolute atomic E-state index is 0.0497. The zero-order chi connectivity index (χ0) is 17.7. The van der Waals surface area contributed by atoms with Crippen molar-refractivity contribution < 1.29 is 17.9 Å². The summed E-state index contributed by atoms with van der Waals surface area (Å²) in [6.07, 6.45) is 0. The van der Waals surface area contributed by atoms with Crippen LogP contribution in [0.4, 0.5) is 5.69 Å². The van der Waals surface area contributed by atoms with E-state index in [4.69, 9.17) is 10.6 Å². The number of hydrogen-bond donors (Lipinski definition) is 2. The Morgan fingerprint density at radius 3 is 2.21 bits per heavy atom. The highest BCUT2D eigenvalue weighted by Gasteiger charge is 2.27. The molecular formula is C16H19N3O4S. The molecule has 0 aliphatic carbocycles. The van der Waals surface area contributed by atoms with Gasteiger partial charge < -0.3 is 4.74 Å². The Hall–Kier alpha value is -2.58. The van der Waals surface area contributed by atoms with E-state index in [1.165, 1.54) is 19.2 Å². The van der Waals surface area contributed by atoms with Crippen LogP contribution >= 0.6 is 0 Å². The maximum atomic E-state index is 12.9. The number of methoxy groups -OCH3 is 1. The summed E-state index contributed by atoms with van der Waals surface area (Å²) in [5, 5.41) is 0. The van der Waals surface area contributed by atoms with Crippen LogP contribution in [0.15, 0.2) is 53.4 Å². The third kappa shape index (κ3) is 3.84. The van der Waals surface area contributed by atoms with Gasteiger partial charge in [-0.15, -0.1) is 0 Å². The van der Waals surface area contributed by atoms with Gasteiger partial charge in [0.05, 0.1) is 17.7 Å². The van der Waals surface area contributed by atoms with Crippen molar-refractivity contribution in [3.8, 4) is 5.75 Å². The van der Waals surface area contributed by atoms with E-state index in [1.807, 2.05) is 12.3 Å². The van der Waals surface area contributed by atoms with Crippen LogP contribution in [0.3, 0.4) is 0 Å². The first-order chi connectivity index (χ1) is 11.4. The number of nitrogens with two attached hydrogens (primary N) is 1. The normalized spacial score (nSPS) is 11.0. The molecule has 7 nitrogen and oxygen atoms in total. The molecule has 0 unspecified atom stereocenters. The van der Waals surface area contributed by atoms with E-state index < -0.39 is 22.5 Å². The van der Waals surface area contributed by atoms with Crippen molar-refractivity contribution in [2.45, 2.75) is 11.8 Å². The van der Waals surface area contributed by atoms with Gasteiger partial charge in [0.15, 0.2) is 0 Å². The molecule has 0 heterocycles. The van der Waals surface area contributed by atoms with Gasteiger partial charge >= 0.3 is 0 Å². The molecule has 0 radical (unpaired) electrons. The number of anilines is 1. The number of carbonyl (C=O) groups is 1. The van der Waals surface area contributed by atoms with Crippen LogP contribution in [-0.2, 0) is 14.8 Å². The summed E-state index contributed by atoms with van der Waals surface area (Å²) in [4.78, 5) is 11.7. The van der Waals surface area contributed by atoms with Crippen molar-refractivity contribution in [3.63, 3.8) is 0 Å². The van der Waals surface area contributed by atoms with Crippen LogP contribution in [0.2, 0.25) is 0 Å². The maximum absolute atomic E-state index is 12.9. The van der Waals surface area contributed by atoms with Crippen molar-refractivity contribution in [2.24, 2.45) is 5.84 Å². The van der Waals surface area contributed by atoms with Gasteiger partial charge in [-0.2, -0.15) is 0 Å². The minimum atomic E-state index is -3.94. The zero-order valence-electron chi connectivity index (χ0n) is 13.4. The standard InChI is InChI=1S/C16H19N3O4S/c1-12-3-5-13(6-4-12)19(11-16(20)18-17)24(21,22)15-9-7-14(23-2)8-10-15/h3-10H,11,17H2,1-2H3,(H,18,20). The molecule has 0 saturated carbocycles. The average Bonchev–Trinajstić information content (AvgIpc) is 2.60. The minimum Gasteiger partial charge on any atom is -0.497 e. The zero-order valence-corrected chi connectivity index (χ0v) is 14.2. The number of carbonyl (C=O) groups excluding carboxylic acids is 1. The number of hydrazine groups is 1. The summed E-state index contributed by atoms with van der Waals surface area (Å²) in [6.45, 7) is 1.46. The summed E-state index contributed by atoms with van der Waals surface area (Å²) >= 11 is 0. The van der Waals surface area contributed by atoms with Crippen LogP contribution < -0.4 is 20.3 Å². The van der Waals surface area contributed by atoms with Crippen LogP contribution in [0.25, 0.3) is 0 Å². The molecule has 8 heteroatoms. The quantitative estimate of drug-likeness (QED) is 0.463. The van der Waals surface area contributed by atoms with E-state index >= 15 is 0 Å². The number of hydrogen-bond acceptors (Lipinski definition) is 5. The first-order valence-corrected chi connectivity index (χ1v) is 8.55. The van der Waals surface area contributed by atoms with Gasteiger partial charge in [-0.1, -0.05) is 17.7 Å². The molecule has 128 valence electrons. The summed E-state index contributed by atoms with van der Waals surface area (Å²) in [6, 6.07) is 12.8. The molecule has 0 atom stereocenters. The predicted molar refractivity (Wildman–Crippen MR) is 91.0 cm³/mol. The van der Waals surface area contributed by atoms with Crippen LogP contribution in [0.1, 0.15) is 5.56 Å². The lowest BCUT2D eigenvalue weighted by atomic mass is 10.2. The first-order valence-electron chi connectivity index (χ1n) is 7.11. The number of nitrogens with zero attached hydrogens (tertiary/aromatic N) is 1. The Balaban J connectivity index is 2.47. The van der Waals surface area contributed by atoms with Gasteiger partial charge in [0.1, 0.15) is 12.3 Å². The van der Waals surface area contributed by atoms with E-state index in [0.29, 0.717) is 11.4 Å². The lowest BCUT2D eigenvalue weighted by molar-refractivity contribution is -0.119. The molecule has 0 aliphatic rings. The molecule has 0 aliphatic heterocycles. The summed E-state index contributed by atoms with van der Waals surface area (Å²) < 4.78 is 31.9. The van der Waals surface area contributed by atoms with Gasteiger partial charge in [-0.3, -0.25) is 14.5 Å². The molecule has 2 rings (SSSR count). The van der Waals surface area contributed by atoms with Crippen LogP contribution in [0.5, 0.6) is 5.75 Å². The van der Waals surface area contributed by atoms with Gasteiger partial charge in [0, 0.05) is 0 Å². The van der Waals surface area contributed by atoms with Crippen LogP contribution in [-0.4, -0.2) is 28.0 Å². The number of rotatable bonds is 6. The predicted octanol–water partition coefficient (Wildman–Crippen LogP) is 1.19. The third-order valence-electron chi connectivity index (χ3n) is 3.42. The summed E-state index contributed by atoms with van der Waals surface area (Å²) in [5.74, 6) is 5.02. The number of nitrogens with one attached hydrogen (secondary N) is 1. The highest BCUT2D eigenvalue weighted by Crippen LogP contribution is 2.25. The monoisotopic (exact) mass is 349 g/mol. The van der Waals surface area contributed by atoms with E-state index in [0.717, 1.165) is 9.87 Å². The number of sulfonamides is 1. The Morgan fingerprint density at radius 1 is 1.12 bits per heavy atom. The Kier molecular flexibility index (Phi) is 5.42. The molecule has 0 saturated heterocycles. The molecule has 3 N–H and O–H groups in total. The van der Waals surface area contributed by atoms with Gasteiger partial charge in [-0.05, 0) is 43.3 Å². The van der Waals surface area contributed by atoms with Crippen molar-refractivity contribution >= 4 is 21.6 Å². The largest absolute Gasteiger partial charge is 0.497 e. The summed E-state index contributed by atoms with van der Waals surface area (Å²) in [7, 11) is -2.44. The second-order valence-corrected chi connectivity index (χ2v) is 6.95. The van der Waals surface area contributed by atoms with Crippen molar-refractivity contribution in [3.05, 3.63) is 54.1 Å². The second kappa shape index (κ2) is 7.33. The SMILES string of the molecule is COc1ccc(S(=O)(=O)N(CC(=O)NN)c2ccc(C)cc2)cc1. The fraction of sp³-hybridized carbons (Fsp3) is 0.188. The molecular weight excluding hydrogens is 330 g/mol. The van der Waals surface area contributed by atoms with Gasteiger partial charge in [0.25, 0.3) is 15.9 Å². The first kappa shape index (κ1) is 17.8. The molecule has 2 aromatic carbocycles. The maximum Gasteiger partial charge on any atom is 0.264 e. The number of amides is 1. The number of ether oxygens (including phenoxy) is 1. The Labute approximate surface area is 141 Å². The fourth-order valence-corrected chi connectivity index (χ4v) is 3.50. The number of benzene rings is 2. The van der Waals surface area contributed by atoms with Gasteiger partial charge in [0.2, 0.25) is 0 Å². The molecule has 0 spiro atoms. The second-order valence-electron chi connectivity index (χ2n) is 5.09. The Bertz CT molecular complexity index is 802. The third-order valence-corrected chi connectivity index (χ3v) is 5.21. The van der Waals surface area contributed by atoms with E-state index in [1.54, 1.807) is 36.4 Å². The topological polar surface area (TPSA) is 102 Å². The Morgan fingerprint density at radius 2 is 1.71 bits per heavy atom. The van der Waals surface area contributed by atoms with Gasteiger partial charge in [-0.25, -0.2) is 14.3 Å². The average molecular weight is 349 g/mol. The molecule has 0 fully saturated rings. The van der Waals surface area contributed by atoms with Crippen molar-refractivity contribution in [1.82, 2.24) is 5.43 Å². The molecule has 0 bridgehead atoms. The van der Waals surface area contributed by atoms with E-state index in [-0.39, 0.29) is 4.90 Å². The van der Waals surface area contributed by atoms with Crippen molar-refractivity contribution in [2.75, 3.05) is 18.0 Å². The lowest BCUT2D eigenvalue weighted by Crippen LogP contribution is -2.43. The highest BCUT2D eigenvalue weighted by atomic mass is 32.2. The number of aryl methyl sites for hydroxylation is 1. The lowest BCUT2D eigenvalue weighted by Gasteiger charge is -2.24. The fourth-order valence-electron chi connectivity index (χ4n) is 2.08. The smallest absolute Gasteiger partial charge is 0.264 e. The molecule has 2 aromatic rings. The molecule has 0 aromatic heterocycles. The van der Waals surface area contributed by atoms with E-state index in [9.17, 15) is 13.2 Å². The van der Waals surface area contributed by atoms with Crippen molar-refractivity contribution in [1.29, 1.82) is 0 Å². The summed E-state index contributed by atoms with van der Waals surface area (Å²) in [5.41, 5.74) is 3.30. The van der Waals surface area contributed by atoms with Crippen LogP contribution in [0, 0.1) is 6.92 Å². The van der Waals surface area contributed by atoms with E-state index in [2.05, 4.69) is 0 Å². The highest BCUT2D eigenvalue weighted by molar-refractivity contribution is 7.92. The molecule has 24 heavy (non-hydrogen) atoms.